The molecule has 4 atom stereocenters. The monoisotopic (exact) mass is 624 g/mol. The van der Waals surface area contributed by atoms with Crippen molar-refractivity contribution < 1.29 is 37.1 Å². The third-order valence-corrected chi connectivity index (χ3v) is 9.26. The van der Waals surface area contributed by atoms with Gasteiger partial charge in [0.25, 0.3) is 5.91 Å². The molecule has 1 aliphatic heterocycles. The first-order valence-electron chi connectivity index (χ1n) is 14.9. The number of nitrogens with zero attached hydrogens (tertiary/aromatic N) is 1. The number of aliphatic carboxylic acids is 1. The van der Waals surface area contributed by atoms with Crippen LogP contribution in [0.4, 0.5) is 23.2 Å². The molecule has 1 heterocycles. The molecule has 3 aromatic rings. The molecule has 2 N–H and O–H groups in total. The van der Waals surface area contributed by atoms with Gasteiger partial charge in [-0.05, 0) is 65.1 Å². The van der Waals surface area contributed by atoms with Crippen LogP contribution in [-0.2, 0) is 29.1 Å². The number of benzene rings is 3. The van der Waals surface area contributed by atoms with Crippen LogP contribution in [0.2, 0.25) is 0 Å². The van der Waals surface area contributed by atoms with Crippen molar-refractivity contribution in [3.63, 3.8) is 0 Å². The Kier molecular flexibility index (Phi) is 8.31. The summed E-state index contributed by atoms with van der Waals surface area (Å²) in [4.78, 5) is 39.9. The third kappa shape index (κ3) is 6.46. The number of rotatable bonds is 9. The minimum atomic E-state index is -4.66. The Bertz CT molecular complexity index is 1630. The van der Waals surface area contributed by atoms with Crippen LogP contribution in [0.1, 0.15) is 72.6 Å². The molecule has 238 valence electrons. The van der Waals surface area contributed by atoms with Crippen molar-refractivity contribution in [1.82, 2.24) is 4.90 Å². The van der Waals surface area contributed by atoms with E-state index in [4.69, 9.17) is 0 Å². The maximum atomic E-state index is 14.2. The second-order valence-corrected chi connectivity index (χ2v) is 13.4. The maximum Gasteiger partial charge on any atom is 0.392 e. The fourth-order valence-electron chi connectivity index (χ4n) is 6.68. The van der Waals surface area contributed by atoms with Crippen LogP contribution in [0.25, 0.3) is 0 Å². The van der Waals surface area contributed by atoms with Gasteiger partial charge in [-0.25, -0.2) is 4.39 Å². The number of amides is 2. The molecule has 2 unspecified atom stereocenters. The summed E-state index contributed by atoms with van der Waals surface area (Å²) in [6, 6.07) is 16.9. The molecule has 6 nitrogen and oxygen atoms in total. The van der Waals surface area contributed by atoms with E-state index in [9.17, 15) is 37.1 Å². The lowest BCUT2D eigenvalue weighted by Crippen LogP contribution is -2.34. The van der Waals surface area contributed by atoms with E-state index in [-0.39, 0.29) is 53.6 Å². The van der Waals surface area contributed by atoms with Gasteiger partial charge in [0.1, 0.15) is 5.82 Å². The molecule has 2 amide bonds. The molecule has 0 radical (unpaired) electrons. The Morgan fingerprint density at radius 3 is 2.27 bits per heavy atom. The van der Waals surface area contributed by atoms with E-state index in [0.29, 0.717) is 23.1 Å². The smallest absolute Gasteiger partial charge is 0.392 e. The summed E-state index contributed by atoms with van der Waals surface area (Å²) in [5.41, 5.74) is 1.19. The van der Waals surface area contributed by atoms with Crippen LogP contribution in [-0.4, -0.2) is 34.0 Å². The molecular formula is C35H36F4N2O4. The highest BCUT2D eigenvalue weighted by Crippen LogP contribution is 2.62. The highest BCUT2D eigenvalue weighted by Gasteiger charge is 2.63. The van der Waals surface area contributed by atoms with Crippen LogP contribution in [0.5, 0.6) is 0 Å². The molecule has 10 heteroatoms. The van der Waals surface area contributed by atoms with Gasteiger partial charge < -0.3 is 15.3 Å². The summed E-state index contributed by atoms with van der Waals surface area (Å²) in [6.45, 7) is 7.17. The van der Waals surface area contributed by atoms with E-state index in [2.05, 4.69) is 5.32 Å². The largest absolute Gasteiger partial charge is 0.481 e. The van der Waals surface area contributed by atoms with E-state index in [1.807, 2.05) is 20.8 Å². The van der Waals surface area contributed by atoms with Crippen LogP contribution >= 0.6 is 0 Å². The molecule has 5 rings (SSSR count). The summed E-state index contributed by atoms with van der Waals surface area (Å²) < 4.78 is 56.2. The number of halogens is 4. The SMILES string of the molecule is C[C@H]([C@H](C(=O)Nc1cccc(CC2(C(=O)O)CC2C(C)(C)C)c1)c1ccc(CN2Cc3c(F)cccc3C2=O)cc1)C(F)(F)F. The van der Waals surface area contributed by atoms with Crippen molar-refractivity contribution in [1.29, 1.82) is 0 Å². The first-order chi connectivity index (χ1) is 21.0. The maximum absolute atomic E-state index is 14.2. The lowest BCUT2D eigenvalue weighted by atomic mass is 9.82. The Labute approximate surface area is 259 Å². The number of hydrogen-bond acceptors (Lipinski definition) is 3. The van der Waals surface area contributed by atoms with Gasteiger partial charge in [0.15, 0.2) is 0 Å². The summed E-state index contributed by atoms with van der Waals surface area (Å²) >= 11 is 0. The second-order valence-electron chi connectivity index (χ2n) is 13.4. The van der Waals surface area contributed by atoms with E-state index < -0.39 is 41.1 Å². The predicted molar refractivity (Wildman–Crippen MR) is 161 cm³/mol. The Morgan fingerprint density at radius 1 is 1.02 bits per heavy atom. The second kappa shape index (κ2) is 11.6. The lowest BCUT2D eigenvalue weighted by molar-refractivity contribution is -0.178. The fraction of sp³-hybridized carbons (Fsp3) is 0.400. The number of alkyl halides is 3. The van der Waals surface area contributed by atoms with Gasteiger partial charge in [0.05, 0.1) is 23.8 Å². The highest BCUT2D eigenvalue weighted by molar-refractivity contribution is 5.98. The van der Waals surface area contributed by atoms with Crippen molar-refractivity contribution in [2.75, 3.05) is 5.32 Å². The molecule has 0 saturated heterocycles. The molecule has 3 aromatic carbocycles. The number of fused-ring (bicyclic) bond motifs is 1. The number of carbonyl (C=O) groups excluding carboxylic acids is 2. The number of anilines is 1. The van der Waals surface area contributed by atoms with Gasteiger partial charge >= 0.3 is 12.1 Å². The summed E-state index contributed by atoms with van der Waals surface area (Å²) in [5.74, 6) is -6.15. The lowest BCUT2D eigenvalue weighted by Gasteiger charge is -2.26. The fourth-order valence-corrected chi connectivity index (χ4v) is 6.68. The van der Waals surface area contributed by atoms with Crippen molar-refractivity contribution in [2.45, 2.75) is 65.7 Å². The topological polar surface area (TPSA) is 86.7 Å². The van der Waals surface area contributed by atoms with Crippen molar-refractivity contribution in [2.24, 2.45) is 22.7 Å². The zero-order valence-corrected chi connectivity index (χ0v) is 25.5. The van der Waals surface area contributed by atoms with Gasteiger partial charge in [-0.3, -0.25) is 14.4 Å². The van der Waals surface area contributed by atoms with Gasteiger partial charge in [-0.2, -0.15) is 13.2 Å². The summed E-state index contributed by atoms with van der Waals surface area (Å²) in [7, 11) is 0. The Morgan fingerprint density at radius 2 is 1.69 bits per heavy atom. The van der Waals surface area contributed by atoms with Gasteiger partial charge in [0.2, 0.25) is 5.91 Å². The van der Waals surface area contributed by atoms with Crippen molar-refractivity contribution in [3.8, 4) is 0 Å². The Hall–Kier alpha value is -4.21. The molecular weight excluding hydrogens is 588 g/mol. The average Bonchev–Trinajstić information content (AvgIpc) is 3.62. The van der Waals surface area contributed by atoms with Crippen LogP contribution in [0, 0.1) is 28.5 Å². The summed E-state index contributed by atoms with van der Waals surface area (Å²) in [5, 5.41) is 12.6. The Balaban J connectivity index is 1.33. The first kappa shape index (κ1) is 32.2. The quantitative estimate of drug-likeness (QED) is 0.240. The zero-order chi connectivity index (χ0) is 32.9. The first-order valence-corrected chi connectivity index (χ1v) is 14.9. The zero-order valence-electron chi connectivity index (χ0n) is 25.5. The van der Waals surface area contributed by atoms with Crippen LogP contribution < -0.4 is 5.32 Å². The van der Waals surface area contributed by atoms with E-state index in [0.717, 1.165) is 6.92 Å². The number of hydrogen-bond donors (Lipinski definition) is 2. The van der Waals surface area contributed by atoms with Crippen molar-refractivity contribution in [3.05, 3.63) is 100 Å². The third-order valence-electron chi connectivity index (χ3n) is 9.26. The number of nitrogens with one attached hydrogen (secondary N) is 1. The average molecular weight is 625 g/mol. The molecule has 45 heavy (non-hydrogen) atoms. The highest BCUT2D eigenvalue weighted by atomic mass is 19.4. The van der Waals surface area contributed by atoms with Gasteiger partial charge in [-0.1, -0.05) is 70.2 Å². The molecule has 2 aliphatic rings. The summed E-state index contributed by atoms with van der Waals surface area (Å²) in [6.07, 6.45) is -3.89. The van der Waals surface area contributed by atoms with E-state index >= 15 is 0 Å². The van der Waals surface area contributed by atoms with Crippen LogP contribution in [0.15, 0.2) is 66.7 Å². The van der Waals surface area contributed by atoms with Gasteiger partial charge in [0, 0.05) is 23.4 Å². The molecule has 1 saturated carbocycles. The van der Waals surface area contributed by atoms with E-state index in [1.165, 1.54) is 29.2 Å². The molecule has 1 aliphatic carbocycles. The minimum Gasteiger partial charge on any atom is -0.481 e. The van der Waals surface area contributed by atoms with Crippen molar-refractivity contribution >= 4 is 23.5 Å². The minimum absolute atomic E-state index is 0.0270. The molecule has 0 spiro atoms. The van der Waals surface area contributed by atoms with E-state index in [1.54, 1.807) is 42.5 Å². The number of carboxylic acids is 1. The normalized spacial score (nSPS) is 20.8. The molecule has 1 fully saturated rings. The van der Waals surface area contributed by atoms with Crippen LogP contribution in [0.3, 0.4) is 0 Å². The molecule has 0 aromatic heterocycles. The van der Waals surface area contributed by atoms with Gasteiger partial charge in [-0.15, -0.1) is 0 Å². The number of carbonyl (C=O) groups is 3. The predicted octanol–water partition coefficient (Wildman–Crippen LogP) is 7.58. The molecule has 0 bridgehead atoms. The number of carboxylic acid groups (broad SMARTS) is 1. The standard InChI is InChI=1S/C35H36F4N2O4/c1-20(35(37,38)39)29(23-13-11-21(12-14-23)18-41-19-26-25(31(41)43)9-6-10-27(26)36)30(42)40-24-8-5-7-22(15-24)16-34(32(44)45)17-28(34)33(2,3)4/h5-15,20,28-29H,16-19H2,1-4H3,(H,40,42)(H,44,45)/t20-,28?,29+,34?/m1/s1.